The number of benzene rings is 1. The van der Waals surface area contributed by atoms with Crippen LogP contribution in [0.15, 0.2) is 23.1 Å². The molecule has 0 unspecified atom stereocenters. The Morgan fingerprint density at radius 3 is 2.62 bits per heavy atom. The first-order valence-electron chi connectivity index (χ1n) is 6.96. The van der Waals surface area contributed by atoms with E-state index in [-0.39, 0.29) is 4.90 Å². The van der Waals surface area contributed by atoms with E-state index in [4.69, 9.17) is 15.2 Å². The van der Waals surface area contributed by atoms with Crippen LogP contribution in [0.1, 0.15) is 18.9 Å². The number of nitrogens with two attached hydrogens (primary N) is 1. The molecule has 120 valence electrons. The average molecular weight is 316 g/mol. The molecule has 7 heteroatoms. The van der Waals surface area contributed by atoms with Crippen LogP contribution in [-0.2, 0) is 25.9 Å². The third-order valence-electron chi connectivity index (χ3n) is 3.00. The zero-order valence-corrected chi connectivity index (χ0v) is 13.4. The van der Waals surface area contributed by atoms with Crippen molar-refractivity contribution in [3.8, 4) is 0 Å². The van der Waals surface area contributed by atoms with Gasteiger partial charge in [0, 0.05) is 25.9 Å². The molecular weight excluding hydrogens is 292 g/mol. The summed E-state index contributed by atoms with van der Waals surface area (Å²) < 4.78 is 36.8. The molecule has 0 atom stereocenters. The van der Waals surface area contributed by atoms with Crippen LogP contribution >= 0.6 is 0 Å². The number of rotatable bonds is 10. The molecule has 0 aliphatic carbocycles. The molecule has 0 aliphatic heterocycles. The number of hydrogen-bond acceptors (Lipinski definition) is 5. The van der Waals surface area contributed by atoms with Crippen molar-refractivity contribution in [3.63, 3.8) is 0 Å². The van der Waals surface area contributed by atoms with Crippen LogP contribution < -0.4 is 10.5 Å². The Morgan fingerprint density at radius 2 is 2.00 bits per heavy atom. The van der Waals surface area contributed by atoms with Gasteiger partial charge in [0.05, 0.1) is 18.1 Å². The standard InChI is InChI=1S/C14H24N2O4S/c1-3-12-5-6-13(11-14(12)15)21(17,18)16-7-4-8-20-10-9-19-2/h5-6,11,16H,3-4,7-10,15H2,1-2H3. The molecular formula is C14H24N2O4S. The zero-order chi connectivity index (χ0) is 15.7. The Kier molecular flexibility index (Phi) is 7.66. The molecule has 0 spiro atoms. The minimum absolute atomic E-state index is 0.192. The van der Waals surface area contributed by atoms with Gasteiger partial charge in [-0.2, -0.15) is 0 Å². The Morgan fingerprint density at radius 1 is 1.24 bits per heavy atom. The van der Waals surface area contributed by atoms with E-state index < -0.39 is 10.0 Å². The van der Waals surface area contributed by atoms with E-state index in [1.54, 1.807) is 19.2 Å². The van der Waals surface area contributed by atoms with Gasteiger partial charge in [-0.3, -0.25) is 0 Å². The summed E-state index contributed by atoms with van der Waals surface area (Å²) in [4.78, 5) is 0.192. The van der Waals surface area contributed by atoms with Gasteiger partial charge in [0.2, 0.25) is 10.0 Å². The molecule has 0 aromatic heterocycles. The number of methoxy groups -OCH3 is 1. The number of nitrogens with one attached hydrogen (secondary N) is 1. The maximum Gasteiger partial charge on any atom is 0.240 e. The fourth-order valence-corrected chi connectivity index (χ4v) is 2.88. The van der Waals surface area contributed by atoms with Crippen LogP contribution in [0, 0.1) is 0 Å². The monoisotopic (exact) mass is 316 g/mol. The molecule has 6 nitrogen and oxygen atoms in total. The zero-order valence-electron chi connectivity index (χ0n) is 12.6. The highest BCUT2D eigenvalue weighted by molar-refractivity contribution is 7.89. The predicted molar refractivity (Wildman–Crippen MR) is 82.7 cm³/mol. The van der Waals surface area contributed by atoms with Crippen molar-refractivity contribution in [2.75, 3.05) is 39.2 Å². The molecule has 0 fully saturated rings. The van der Waals surface area contributed by atoms with Crippen molar-refractivity contribution in [2.24, 2.45) is 0 Å². The first kappa shape index (κ1) is 17.9. The molecule has 3 N–H and O–H groups in total. The van der Waals surface area contributed by atoms with Crippen molar-refractivity contribution in [3.05, 3.63) is 23.8 Å². The summed E-state index contributed by atoms with van der Waals surface area (Å²) in [7, 11) is -1.91. The fourth-order valence-electron chi connectivity index (χ4n) is 1.77. The van der Waals surface area contributed by atoms with Crippen molar-refractivity contribution in [2.45, 2.75) is 24.7 Å². The molecule has 0 amide bonds. The summed E-state index contributed by atoms with van der Waals surface area (Å²) in [5, 5.41) is 0. The maximum absolute atomic E-state index is 12.1. The summed E-state index contributed by atoms with van der Waals surface area (Å²) in [6, 6.07) is 4.82. The van der Waals surface area contributed by atoms with Gasteiger partial charge in [-0.15, -0.1) is 0 Å². The first-order valence-corrected chi connectivity index (χ1v) is 8.44. The fraction of sp³-hybridized carbons (Fsp3) is 0.571. The lowest BCUT2D eigenvalue weighted by Gasteiger charge is -2.09. The highest BCUT2D eigenvalue weighted by Gasteiger charge is 2.14. The third-order valence-corrected chi connectivity index (χ3v) is 4.46. The van der Waals surface area contributed by atoms with Crippen LogP contribution in [0.25, 0.3) is 0 Å². The van der Waals surface area contributed by atoms with Crippen LogP contribution in [0.5, 0.6) is 0 Å². The maximum atomic E-state index is 12.1. The second kappa shape index (κ2) is 8.99. The largest absolute Gasteiger partial charge is 0.398 e. The Bertz CT molecular complexity index is 532. The summed E-state index contributed by atoms with van der Waals surface area (Å²) >= 11 is 0. The smallest absolute Gasteiger partial charge is 0.240 e. The van der Waals surface area contributed by atoms with Crippen molar-refractivity contribution in [1.29, 1.82) is 0 Å². The minimum Gasteiger partial charge on any atom is -0.398 e. The molecule has 0 radical (unpaired) electrons. The van der Waals surface area contributed by atoms with E-state index in [9.17, 15) is 8.42 Å². The molecule has 0 bridgehead atoms. The van der Waals surface area contributed by atoms with Crippen LogP contribution in [0.2, 0.25) is 0 Å². The SMILES string of the molecule is CCc1ccc(S(=O)(=O)NCCCOCCOC)cc1N. The van der Waals surface area contributed by atoms with E-state index >= 15 is 0 Å². The third kappa shape index (κ3) is 6.01. The quantitative estimate of drug-likeness (QED) is 0.499. The lowest BCUT2D eigenvalue weighted by atomic mass is 10.1. The molecule has 21 heavy (non-hydrogen) atoms. The van der Waals surface area contributed by atoms with Gasteiger partial charge in [-0.25, -0.2) is 13.1 Å². The van der Waals surface area contributed by atoms with E-state index in [2.05, 4.69) is 4.72 Å². The van der Waals surface area contributed by atoms with Gasteiger partial charge < -0.3 is 15.2 Å². The minimum atomic E-state index is -3.52. The molecule has 1 aromatic rings. The molecule has 1 rings (SSSR count). The van der Waals surface area contributed by atoms with Crippen molar-refractivity contribution in [1.82, 2.24) is 4.72 Å². The second-order valence-electron chi connectivity index (χ2n) is 4.57. The second-order valence-corrected chi connectivity index (χ2v) is 6.34. The van der Waals surface area contributed by atoms with E-state index in [0.29, 0.717) is 38.5 Å². The molecule has 0 aliphatic rings. The number of aryl methyl sites for hydroxylation is 1. The van der Waals surface area contributed by atoms with Crippen LogP contribution in [0.4, 0.5) is 5.69 Å². The topological polar surface area (TPSA) is 90.7 Å². The van der Waals surface area contributed by atoms with E-state index in [1.807, 2.05) is 6.92 Å². The first-order chi connectivity index (χ1) is 10.0. The Labute approximate surface area is 126 Å². The van der Waals surface area contributed by atoms with Gasteiger partial charge in [0.1, 0.15) is 0 Å². The lowest BCUT2D eigenvalue weighted by molar-refractivity contribution is 0.0699. The van der Waals surface area contributed by atoms with Gasteiger partial charge in [0.25, 0.3) is 0 Å². The molecule has 1 aromatic carbocycles. The van der Waals surface area contributed by atoms with Crippen molar-refractivity contribution < 1.29 is 17.9 Å². The van der Waals surface area contributed by atoms with E-state index in [0.717, 1.165) is 12.0 Å². The number of sulfonamides is 1. The highest BCUT2D eigenvalue weighted by atomic mass is 32.2. The van der Waals surface area contributed by atoms with Crippen molar-refractivity contribution >= 4 is 15.7 Å². The van der Waals surface area contributed by atoms with Crippen LogP contribution in [0.3, 0.4) is 0 Å². The normalized spacial score (nSPS) is 11.7. The number of anilines is 1. The summed E-state index contributed by atoms with van der Waals surface area (Å²) in [6.45, 7) is 3.84. The predicted octanol–water partition coefficient (Wildman–Crippen LogP) is 1.16. The molecule has 0 saturated carbocycles. The summed E-state index contributed by atoms with van der Waals surface area (Å²) in [5.41, 5.74) is 7.28. The molecule has 0 heterocycles. The highest BCUT2D eigenvalue weighted by Crippen LogP contribution is 2.18. The number of nitrogen functional groups attached to an aromatic ring is 1. The van der Waals surface area contributed by atoms with E-state index in [1.165, 1.54) is 6.07 Å². The van der Waals surface area contributed by atoms with Crippen LogP contribution in [-0.4, -0.2) is 41.9 Å². The molecule has 0 saturated heterocycles. The Hall–Kier alpha value is -1.15. The number of ether oxygens (including phenoxy) is 2. The lowest BCUT2D eigenvalue weighted by Crippen LogP contribution is -2.26. The summed E-state index contributed by atoms with van der Waals surface area (Å²) in [5.74, 6) is 0. The van der Waals surface area contributed by atoms with Gasteiger partial charge in [0.15, 0.2) is 0 Å². The van der Waals surface area contributed by atoms with Gasteiger partial charge in [-0.05, 0) is 30.5 Å². The summed E-state index contributed by atoms with van der Waals surface area (Å²) in [6.07, 6.45) is 1.38. The average Bonchev–Trinajstić information content (AvgIpc) is 2.46. The van der Waals surface area contributed by atoms with Gasteiger partial charge >= 0.3 is 0 Å². The Balaban J connectivity index is 2.45. The number of hydrogen-bond donors (Lipinski definition) is 2. The van der Waals surface area contributed by atoms with Gasteiger partial charge in [-0.1, -0.05) is 13.0 Å².